The fourth-order valence-electron chi connectivity index (χ4n) is 0.709. The average Bonchev–Trinajstić information content (AvgIpc) is 2.00. The third-order valence-electron chi connectivity index (χ3n) is 1.49. The van der Waals surface area contributed by atoms with Crippen LogP contribution in [-0.4, -0.2) is 16.8 Å². The molecule has 0 fully saturated rings. The van der Waals surface area contributed by atoms with Gasteiger partial charge in [-0.05, 0) is 27.2 Å². The summed E-state index contributed by atoms with van der Waals surface area (Å²) in [6.45, 7) is 5.64. The number of hydrogen-bond acceptors (Lipinski definition) is 2. The minimum atomic E-state index is -0.775. The summed E-state index contributed by atoms with van der Waals surface area (Å²) in [7, 11) is 0. The van der Waals surface area contributed by atoms with E-state index in [0.29, 0.717) is 6.42 Å². The van der Waals surface area contributed by atoms with Gasteiger partial charge in [-0.25, -0.2) is 0 Å². The van der Waals surface area contributed by atoms with Crippen LogP contribution in [0.5, 0.6) is 0 Å². The summed E-state index contributed by atoms with van der Waals surface area (Å²) in [5.74, 6) is -0.775. The van der Waals surface area contributed by atoms with Crippen LogP contribution in [0.4, 0.5) is 0 Å². The van der Waals surface area contributed by atoms with Crippen LogP contribution in [0.3, 0.4) is 0 Å². The maximum absolute atomic E-state index is 10.2. The fraction of sp³-hybridized carbons (Fsp3) is 0.556. The Balaban J connectivity index is 3.94. The van der Waals surface area contributed by atoms with Crippen molar-refractivity contribution in [3.8, 4) is 0 Å². The number of carboxylic acids is 1. The summed E-state index contributed by atoms with van der Waals surface area (Å²) in [6, 6.07) is 0. The van der Waals surface area contributed by atoms with Crippen molar-refractivity contribution in [2.24, 2.45) is 4.99 Å². The minimum Gasteiger partial charge on any atom is -0.481 e. The lowest BCUT2D eigenvalue weighted by Crippen LogP contribution is -1.99. The molecule has 0 aromatic rings. The number of hydrogen-bond donors (Lipinski definition) is 1. The Morgan fingerprint density at radius 2 is 2.00 bits per heavy atom. The summed E-state index contributed by atoms with van der Waals surface area (Å²) in [4.78, 5) is 14.4. The molecule has 68 valence electrons. The van der Waals surface area contributed by atoms with Crippen LogP contribution in [0.2, 0.25) is 0 Å². The van der Waals surface area contributed by atoms with E-state index in [9.17, 15) is 4.79 Å². The molecule has 12 heavy (non-hydrogen) atoms. The number of nitrogens with zero attached hydrogens (tertiary/aromatic N) is 1. The number of carboxylic acid groups (broad SMARTS) is 1. The molecule has 0 aliphatic rings. The normalized spacial score (nSPS) is 13.2. The van der Waals surface area contributed by atoms with Crippen LogP contribution in [0.25, 0.3) is 0 Å². The second-order valence-corrected chi connectivity index (χ2v) is 2.67. The average molecular weight is 169 g/mol. The van der Waals surface area contributed by atoms with Gasteiger partial charge in [-0.15, -0.1) is 0 Å². The van der Waals surface area contributed by atoms with Gasteiger partial charge in [0.2, 0.25) is 0 Å². The second kappa shape index (κ2) is 5.52. The Morgan fingerprint density at radius 1 is 1.42 bits per heavy atom. The van der Waals surface area contributed by atoms with Gasteiger partial charge in [0, 0.05) is 11.4 Å². The van der Waals surface area contributed by atoms with E-state index < -0.39 is 5.97 Å². The van der Waals surface area contributed by atoms with Crippen molar-refractivity contribution < 1.29 is 9.90 Å². The van der Waals surface area contributed by atoms with Crippen molar-refractivity contribution >= 4 is 11.7 Å². The smallest absolute Gasteiger partial charge is 0.303 e. The molecular formula is C9H15NO2. The van der Waals surface area contributed by atoms with E-state index in [0.717, 1.165) is 11.4 Å². The van der Waals surface area contributed by atoms with Crippen molar-refractivity contribution in [2.45, 2.75) is 33.6 Å². The highest BCUT2D eigenvalue weighted by atomic mass is 16.4. The van der Waals surface area contributed by atoms with Crippen LogP contribution < -0.4 is 0 Å². The molecule has 0 bridgehead atoms. The Morgan fingerprint density at radius 3 is 2.42 bits per heavy atom. The van der Waals surface area contributed by atoms with E-state index in [4.69, 9.17) is 5.11 Å². The molecule has 0 saturated carbocycles. The molecule has 1 N–H and O–H groups in total. The van der Waals surface area contributed by atoms with Crippen LogP contribution in [0, 0.1) is 0 Å². The van der Waals surface area contributed by atoms with Gasteiger partial charge in [-0.2, -0.15) is 0 Å². The Labute approximate surface area is 72.8 Å². The molecule has 0 unspecified atom stereocenters. The first kappa shape index (κ1) is 10.9. The predicted molar refractivity (Wildman–Crippen MR) is 49.4 cm³/mol. The first-order valence-corrected chi connectivity index (χ1v) is 3.95. The first-order chi connectivity index (χ1) is 5.56. The quantitative estimate of drug-likeness (QED) is 0.656. The molecule has 3 nitrogen and oxygen atoms in total. The predicted octanol–water partition coefficient (Wildman–Crippen LogP) is 2.24. The molecule has 0 aliphatic heterocycles. The minimum absolute atomic E-state index is 0.159. The number of aliphatic carboxylic acids is 1. The van der Waals surface area contributed by atoms with Gasteiger partial charge in [0.15, 0.2) is 0 Å². The zero-order valence-corrected chi connectivity index (χ0v) is 7.79. The van der Waals surface area contributed by atoms with E-state index >= 15 is 0 Å². The maximum atomic E-state index is 10.2. The van der Waals surface area contributed by atoms with E-state index in [-0.39, 0.29) is 6.42 Å². The molecule has 0 aromatic heterocycles. The standard InChI is InChI=1S/C9H15NO2/c1-4-7(2)10-8(3)5-6-9(11)12/h4H,5-6H2,1-3H3,(H,11,12)/b7-4-,10-8+. The van der Waals surface area contributed by atoms with Crippen LogP contribution in [0.15, 0.2) is 16.8 Å². The molecule has 0 rings (SSSR count). The summed E-state index contributed by atoms with van der Waals surface area (Å²) in [6.07, 6.45) is 2.58. The van der Waals surface area contributed by atoms with Gasteiger partial charge in [-0.3, -0.25) is 9.79 Å². The van der Waals surface area contributed by atoms with E-state index in [2.05, 4.69) is 4.99 Å². The van der Waals surface area contributed by atoms with E-state index in [1.165, 1.54) is 0 Å². The lowest BCUT2D eigenvalue weighted by molar-refractivity contribution is -0.136. The van der Waals surface area contributed by atoms with Crippen molar-refractivity contribution in [1.82, 2.24) is 0 Å². The van der Waals surface area contributed by atoms with E-state index in [1.807, 2.05) is 26.8 Å². The van der Waals surface area contributed by atoms with Gasteiger partial charge in [0.25, 0.3) is 0 Å². The number of allylic oxidation sites excluding steroid dienone is 2. The first-order valence-electron chi connectivity index (χ1n) is 3.95. The summed E-state index contributed by atoms with van der Waals surface area (Å²) in [5, 5.41) is 8.38. The highest BCUT2D eigenvalue weighted by Crippen LogP contribution is 1.99. The zero-order chi connectivity index (χ0) is 9.56. The molecular weight excluding hydrogens is 154 g/mol. The molecule has 0 aliphatic carbocycles. The van der Waals surface area contributed by atoms with Crippen molar-refractivity contribution in [1.29, 1.82) is 0 Å². The number of carbonyl (C=O) groups is 1. The van der Waals surface area contributed by atoms with Gasteiger partial charge in [-0.1, -0.05) is 6.08 Å². The summed E-state index contributed by atoms with van der Waals surface area (Å²) >= 11 is 0. The molecule has 3 heteroatoms. The van der Waals surface area contributed by atoms with E-state index in [1.54, 1.807) is 0 Å². The topological polar surface area (TPSA) is 49.7 Å². The summed E-state index contributed by atoms with van der Waals surface area (Å²) < 4.78 is 0. The molecule has 0 atom stereocenters. The van der Waals surface area contributed by atoms with Crippen molar-refractivity contribution in [3.05, 3.63) is 11.8 Å². The second-order valence-electron chi connectivity index (χ2n) is 2.67. The lowest BCUT2D eigenvalue weighted by atomic mass is 10.2. The molecule has 0 radical (unpaired) electrons. The van der Waals surface area contributed by atoms with Gasteiger partial charge >= 0.3 is 5.97 Å². The molecule has 0 spiro atoms. The largest absolute Gasteiger partial charge is 0.481 e. The zero-order valence-electron chi connectivity index (χ0n) is 7.79. The monoisotopic (exact) mass is 169 g/mol. The van der Waals surface area contributed by atoms with Gasteiger partial charge < -0.3 is 5.11 Å². The fourth-order valence-corrected chi connectivity index (χ4v) is 0.709. The number of aliphatic imine (C=N–C) groups is 1. The van der Waals surface area contributed by atoms with Crippen LogP contribution >= 0.6 is 0 Å². The summed E-state index contributed by atoms with van der Waals surface area (Å²) in [5.41, 5.74) is 1.80. The molecule has 0 heterocycles. The Kier molecular flexibility index (Phi) is 5.00. The highest BCUT2D eigenvalue weighted by Gasteiger charge is 1.98. The molecule has 0 amide bonds. The Hall–Kier alpha value is -1.12. The SMILES string of the molecule is C/C=C(C)\N=C(/C)CCC(=O)O. The highest BCUT2D eigenvalue weighted by molar-refractivity contribution is 5.85. The van der Waals surface area contributed by atoms with Gasteiger partial charge in [0.1, 0.15) is 0 Å². The molecule has 0 aromatic carbocycles. The lowest BCUT2D eigenvalue weighted by Gasteiger charge is -1.97. The van der Waals surface area contributed by atoms with Crippen LogP contribution in [-0.2, 0) is 4.79 Å². The van der Waals surface area contributed by atoms with Crippen molar-refractivity contribution in [3.63, 3.8) is 0 Å². The van der Waals surface area contributed by atoms with Crippen molar-refractivity contribution in [2.75, 3.05) is 0 Å². The Bertz CT molecular complexity index is 217. The third-order valence-corrected chi connectivity index (χ3v) is 1.49. The third kappa shape index (κ3) is 5.65. The number of rotatable bonds is 4. The van der Waals surface area contributed by atoms with Crippen LogP contribution in [0.1, 0.15) is 33.6 Å². The maximum Gasteiger partial charge on any atom is 0.303 e. The van der Waals surface area contributed by atoms with Gasteiger partial charge in [0.05, 0.1) is 6.42 Å². The molecule has 0 saturated heterocycles.